The van der Waals surface area contributed by atoms with E-state index < -0.39 is 0 Å². The number of imidazole rings is 1. The fraction of sp³-hybridized carbons (Fsp3) is 0.300. The molecule has 5 heteroatoms. The van der Waals surface area contributed by atoms with Crippen LogP contribution >= 0.6 is 11.6 Å². The number of furan rings is 1. The summed E-state index contributed by atoms with van der Waals surface area (Å²) in [5.74, 6) is 1.44. The van der Waals surface area contributed by atoms with Gasteiger partial charge in [-0.3, -0.25) is 0 Å². The molecule has 2 heterocycles. The van der Waals surface area contributed by atoms with Crippen LogP contribution in [0.25, 0.3) is 11.6 Å². The number of halogens is 1. The number of hydrogen-bond donors (Lipinski definition) is 1. The minimum Gasteiger partial charge on any atom is -0.461 e. The summed E-state index contributed by atoms with van der Waals surface area (Å²) in [6.07, 6.45) is 2.29. The predicted octanol–water partition coefficient (Wildman–Crippen LogP) is 1.83. The van der Waals surface area contributed by atoms with Gasteiger partial charge in [0.25, 0.3) is 0 Å². The largest absolute Gasteiger partial charge is 0.461 e. The predicted molar refractivity (Wildman–Crippen MR) is 58.7 cm³/mol. The Morgan fingerprint density at radius 3 is 3.00 bits per heavy atom. The molecule has 0 unspecified atom stereocenters. The minimum atomic E-state index is 0.536. The van der Waals surface area contributed by atoms with Crippen LogP contribution in [-0.2, 0) is 13.5 Å². The van der Waals surface area contributed by atoms with Gasteiger partial charge in [-0.05, 0) is 18.7 Å². The third-order valence-corrected chi connectivity index (χ3v) is 2.69. The van der Waals surface area contributed by atoms with Crippen molar-refractivity contribution >= 4 is 11.6 Å². The third-order valence-electron chi connectivity index (χ3n) is 2.21. The molecule has 0 fully saturated rings. The van der Waals surface area contributed by atoms with Crippen LogP contribution in [0.4, 0.5) is 0 Å². The van der Waals surface area contributed by atoms with Gasteiger partial charge in [0.05, 0.1) is 12.0 Å². The molecule has 0 saturated heterocycles. The molecule has 80 valence electrons. The lowest BCUT2D eigenvalue weighted by Crippen LogP contribution is -2.03. The topological polar surface area (TPSA) is 57.0 Å². The SMILES string of the molecule is Cn1c(-c2ccco2)nc(CCN)c1Cl. The van der Waals surface area contributed by atoms with E-state index in [2.05, 4.69) is 4.98 Å². The molecule has 0 aliphatic rings. The van der Waals surface area contributed by atoms with Crippen LogP contribution in [-0.4, -0.2) is 16.1 Å². The van der Waals surface area contributed by atoms with Crippen molar-refractivity contribution in [2.24, 2.45) is 12.8 Å². The van der Waals surface area contributed by atoms with Gasteiger partial charge in [0.15, 0.2) is 11.6 Å². The van der Waals surface area contributed by atoms with Gasteiger partial charge in [0, 0.05) is 13.5 Å². The lowest BCUT2D eigenvalue weighted by molar-refractivity contribution is 0.574. The molecule has 0 amide bonds. The third kappa shape index (κ3) is 1.78. The molecule has 0 saturated carbocycles. The van der Waals surface area contributed by atoms with E-state index in [4.69, 9.17) is 21.8 Å². The second-order valence-electron chi connectivity index (χ2n) is 3.25. The smallest absolute Gasteiger partial charge is 0.177 e. The summed E-state index contributed by atoms with van der Waals surface area (Å²) < 4.78 is 7.07. The maximum absolute atomic E-state index is 6.11. The maximum Gasteiger partial charge on any atom is 0.177 e. The highest BCUT2D eigenvalue weighted by Crippen LogP contribution is 2.25. The Hall–Kier alpha value is -1.26. The quantitative estimate of drug-likeness (QED) is 0.867. The highest BCUT2D eigenvalue weighted by molar-refractivity contribution is 6.30. The summed E-state index contributed by atoms with van der Waals surface area (Å²) in [4.78, 5) is 4.40. The van der Waals surface area contributed by atoms with E-state index in [1.807, 2.05) is 19.2 Å². The van der Waals surface area contributed by atoms with Gasteiger partial charge in [0.2, 0.25) is 0 Å². The van der Waals surface area contributed by atoms with Gasteiger partial charge in [-0.15, -0.1) is 0 Å². The second-order valence-corrected chi connectivity index (χ2v) is 3.61. The maximum atomic E-state index is 6.11. The number of aromatic nitrogens is 2. The monoisotopic (exact) mass is 225 g/mol. The lowest BCUT2D eigenvalue weighted by Gasteiger charge is -1.97. The van der Waals surface area contributed by atoms with Gasteiger partial charge in [-0.25, -0.2) is 4.98 Å². The van der Waals surface area contributed by atoms with Gasteiger partial charge in [-0.2, -0.15) is 0 Å². The molecular weight excluding hydrogens is 214 g/mol. The zero-order chi connectivity index (χ0) is 10.8. The lowest BCUT2D eigenvalue weighted by atomic mass is 10.3. The van der Waals surface area contributed by atoms with E-state index in [0.29, 0.717) is 23.9 Å². The van der Waals surface area contributed by atoms with E-state index in [-0.39, 0.29) is 0 Å². The Kier molecular flexibility index (Phi) is 2.79. The molecule has 2 N–H and O–H groups in total. The minimum absolute atomic E-state index is 0.536. The van der Waals surface area contributed by atoms with E-state index in [1.165, 1.54) is 0 Å². The molecule has 0 bridgehead atoms. The van der Waals surface area contributed by atoms with Crippen LogP contribution in [0.1, 0.15) is 5.69 Å². The van der Waals surface area contributed by atoms with Crippen LogP contribution in [0.3, 0.4) is 0 Å². The first-order chi connectivity index (χ1) is 7.24. The van der Waals surface area contributed by atoms with Crippen LogP contribution < -0.4 is 5.73 Å². The van der Waals surface area contributed by atoms with Gasteiger partial charge < -0.3 is 14.7 Å². The highest BCUT2D eigenvalue weighted by atomic mass is 35.5. The standard InChI is InChI=1S/C10H12ClN3O/c1-14-9(11)7(4-5-12)13-10(14)8-3-2-6-15-8/h2-3,6H,4-5,12H2,1H3. The molecule has 0 atom stereocenters. The fourth-order valence-electron chi connectivity index (χ4n) is 1.46. The van der Waals surface area contributed by atoms with Crippen LogP contribution in [0, 0.1) is 0 Å². The summed E-state index contributed by atoms with van der Waals surface area (Å²) in [6.45, 7) is 0.536. The van der Waals surface area contributed by atoms with Crippen molar-refractivity contribution in [3.05, 3.63) is 29.2 Å². The van der Waals surface area contributed by atoms with E-state index in [9.17, 15) is 0 Å². The van der Waals surface area contributed by atoms with Crippen molar-refractivity contribution in [2.75, 3.05) is 6.54 Å². The van der Waals surface area contributed by atoms with Crippen molar-refractivity contribution < 1.29 is 4.42 Å². The molecule has 0 aliphatic heterocycles. The van der Waals surface area contributed by atoms with Crippen LogP contribution in [0.15, 0.2) is 22.8 Å². The van der Waals surface area contributed by atoms with E-state index in [1.54, 1.807) is 10.8 Å². The Bertz CT molecular complexity index is 447. The molecule has 0 aliphatic carbocycles. The summed E-state index contributed by atoms with van der Waals surface area (Å²) in [7, 11) is 1.85. The molecule has 0 spiro atoms. The average molecular weight is 226 g/mol. The molecule has 4 nitrogen and oxygen atoms in total. The Morgan fingerprint density at radius 1 is 1.60 bits per heavy atom. The zero-order valence-electron chi connectivity index (χ0n) is 8.40. The molecule has 15 heavy (non-hydrogen) atoms. The van der Waals surface area contributed by atoms with Crippen molar-refractivity contribution in [3.8, 4) is 11.6 Å². The van der Waals surface area contributed by atoms with Crippen molar-refractivity contribution in [2.45, 2.75) is 6.42 Å². The zero-order valence-corrected chi connectivity index (χ0v) is 9.16. The average Bonchev–Trinajstić information content (AvgIpc) is 2.82. The number of hydrogen-bond acceptors (Lipinski definition) is 3. The molecule has 2 rings (SSSR count). The van der Waals surface area contributed by atoms with Crippen LogP contribution in [0.5, 0.6) is 0 Å². The van der Waals surface area contributed by atoms with Crippen LogP contribution in [0.2, 0.25) is 5.15 Å². The normalized spacial score (nSPS) is 10.9. The molecule has 2 aromatic heterocycles. The van der Waals surface area contributed by atoms with E-state index in [0.717, 1.165) is 11.5 Å². The summed E-state index contributed by atoms with van der Waals surface area (Å²) in [5, 5.41) is 0.617. The number of nitrogens with zero attached hydrogens (tertiary/aromatic N) is 2. The van der Waals surface area contributed by atoms with Crippen molar-refractivity contribution in [3.63, 3.8) is 0 Å². The molecular formula is C10H12ClN3O. The molecule has 0 aromatic carbocycles. The van der Waals surface area contributed by atoms with Gasteiger partial charge in [-0.1, -0.05) is 11.6 Å². The Labute approximate surface area is 92.7 Å². The first-order valence-corrected chi connectivity index (χ1v) is 5.07. The Morgan fingerprint density at radius 2 is 2.40 bits per heavy atom. The van der Waals surface area contributed by atoms with Crippen molar-refractivity contribution in [1.29, 1.82) is 0 Å². The van der Waals surface area contributed by atoms with Crippen molar-refractivity contribution in [1.82, 2.24) is 9.55 Å². The summed E-state index contributed by atoms with van der Waals surface area (Å²) >= 11 is 6.11. The van der Waals surface area contributed by atoms with Gasteiger partial charge in [0.1, 0.15) is 5.15 Å². The fourth-order valence-corrected chi connectivity index (χ4v) is 1.67. The highest BCUT2D eigenvalue weighted by Gasteiger charge is 2.15. The second kappa shape index (κ2) is 4.08. The first-order valence-electron chi connectivity index (χ1n) is 4.69. The van der Waals surface area contributed by atoms with E-state index >= 15 is 0 Å². The molecule has 2 aromatic rings. The first kappa shape index (κ1) is 10.3. The Balaban J connectivity index is 2.45. The number of nitrogens with two attached hydrogens (primary N) is 1. The molecule has 0 radical (unpaired) electrons. The summed E-state index contributed by atoms with van der Waals surface area (Å²) in [5.41, 5.74) is 6.29. The van der Waals surface area contributed by atoms with Gasteiger partial charge >= 0.3 is 0 Å². The number of rotatable bonds is 3. The summed E-state index contributed by atoms with van der Waals surface area (Å²) in [6, 6.07) is 3.67.